The first-order chi connectivity index (χ1) is 13.8. The van der Waals surface area contributed by atoms with E-state index in [2.05, 4.69) is 10.6 Å². The summed E-state index contributed by atoms with van der Waals surface area (Å²) in [6.07, 6.45) is 0.247. The summed E-state index contributed by atoms with van der Waals surface area (Å²) in [4.78, 5) is 27.3. The van der Waals surface area contributed by atoms with Crippen LogP contribution in [0.15, 0.2) is 54.6 Å². The number of carbonyl (C=O) groups excluding carboxylic acids is 2. The van der Waals surface area contributed by atoms with Gasteiger partial charge >= 0.3 is 0 Å². The summed E-state index contributed by atoms with van der Waals surface area (Å²) in [5.41, 5.74) is 1.87. The van der Waals surface area contributed by atoms with Gasteiger partial charge in [0.2, 0.25) is 11.8 Å². The van der Waals surface area contributed by atoms with E-state index in [4.69, 9.17) is 11.6 Å². The fourth-order valence-electron chi connectivity index (χ4n) is 3.16. The van der Waals surface area contributed by atoms with Crippen LogP contribution in [-0.4, -0.2) is 43.4 Å². The van der Waals surface area contributed by atoms with Crippen LogP contribution >= 0.6 is 11.6 Å². The Bertz CT molecular complexity index is 809. The number of amides is 2. The molecule has 6 heteroatoms. The quantitative estimate of drug-likeness (QED) is 0.659. The highest BCUT2D eigenvalue weighted by molar-refractivity contribution is 6.31. The van der Waals surface area contributed by atoms with E-state index in [1.165, 1.54) is 0 Å². The van der Waals surface area contributed by atoms with Crippen LogP contribution in [0.4, 0.5) is 0 Å². The molecular weight excluding hydrogens is 386 g/mol. The molecule has 0 aliphatic carbocycles. The van der Waals surface area contributed by atoms with Crippen molar-refractivity contribution >= 4 is 23.4 Å². The largest absolute Gasteiger partial charge is 0.352 e. The third kappa shape index (κ3) is 6.87. The van der Waals surface area contributed by atoms with Gasteiger partial charge in [0.1, 0.15) is 6.04 Å². The van der Waals surface area contributed by atoms with E-state index in [1.54, 1.807) is 0 Å². The number of carbonyl (C=O) groups is 2. The average molecular weight is 416 g/mol. The normalized spacial score (nSPS) is 13.2. The first kappa shape index (κ1) is 22.9. The van der Waals surface area contributed by atoms with Crippen LogP contribution in [0.1, 0.15) is 31.0 Å². The van der Waals surface area contributed by atoms with E-state index in [-0.39, 0.29) is 30.2 Å². The van der Waals surface area contributed by atoms with Gasteiger partial charge in [0, 0.05) is 11.6 Å². The standard InChI is InChI=1S/C23H30ClN3O2/c1-16(2)22(26-21(28)14-17-10-6-5-7-11-17)23(29)25-15-20(27(3)4)18-12-8-9-13-19(18)24/h5-13,16,20,22H,14-15H2,1-4H3,(H,25,29)(H,26,28)/t20-,22-/m0/s1. The van der Waals surface area contributed by atoms with Crippen LogP contribution in [0.3, 0.4) is 0 Å². The monoisotopic (exact) mass is 415 g/mol. The Morgan fingerprint density at radius 3 is 2.21 bits per heavy atom. The van der Waals surface area contributed by atoms with Gasteiger partial charge in [-0.05, 0) is 37.2 Å². The summed E-state index contributed by atoms with van der Waals surface area (Å²) in [6, 6.07) is 16.4. The smallest absolute Gasteiger partial charge is 0.242 e. The van der Waals surface area contributed by atoms with E-state index in [9.17, 15) is 9.59 Å². The van der Waals surface area contributed by atoms with Crippen molar-refractivity contribution in [2.45, 2.75) is 32.4 Å². The Kier molecular flexibility index (Phi) is 8.68. The fourth-order valence-corrected chi connectivity index (χ4v) is 3.43. The molecule has 156 valence electrons. The second-order valence-electron chi connectivity index (χ2n) is 7.70. The van der Waals surface area contributed by atoms with Crippen molar-refractivity contribution in [2.24, 2.45) is 5.92 Å². The number of rotatable bonds is 9. The van der Waals surface area contributed by atoms with Gasteiger partial charge < -0.3 is 15.5 Å². The van der Waals surface area contributed by atoms with Gasteiger partial charge in [0.05, 0.1) is 12.5 Å². The minimum Gasteiger partial charge on any atom is -0.352 e. The van der Waals surface area contributed by atoms with Crippen LogP contribution in [-0.2, 0) is 16.0 Å². The lowest BCUT2D eigenvalue weighted by Crippen LogP contribution is -2.51. The number of nitrogens with zero attached hydrogens (tertiary/aromatic N) is 1. The fraction of sp³-hybridized carbons (Fsp3) is 0.391. The molecule has 5 nitrogen and oxygen atoms in total. The SMILES string of the molecule is CC(C)[C@H](NC(=O)Cc1ccccc1)C(=O)NC[C@@H](c1ccccc1Cl)N(C)C. The lowest BCUT2D eigenvalue weighted by Gasteiger charge is -2.28. The third-order valence-corrected chi connectivity index (χ3v) is 5.17. The molecule has 0 fully saturated rings. The lowest BCUT2D eigenvalue weighted by atomic mass is 10.0. The number of hydrogen-bond acceptors (Lipinski definition) is 3. The Hall–Kier alpha value is -2.37. The van der Waals surface area contributed by atoms with Gasteiger partial charge in [-0.3, -0.25) is 9.59 Å². The Morgan fingerprint density at radius 2 is 1.62 bits per heavy atom. The summed E-state index contributed by atoms with van der Waals surface area (Å²) in [5, 5.41) is 6.53. The van der Waals surface area contributed by atoms with Crippen LogP contribution in [0, 0.1) is 5.92 Å². The maximum absolute atomic E-state index is 12.8. The van der Waals surface area contributed by atoms with E-state index >= 15 is 0 Å². The average Bonchev–Trinajstić information content (AvgIpc) is 2.67. The summed E-state index contributed by atoms with van der Waals surface area (Å²) in [7, 11) is 3.89. The number of hydrogen-bond donors (Lipinski definition) is 2. The molecule has 2 amide bonds. The van der Waals surface area contributed by atoms with Gasteiger partial charge in [0.25, 0.3) is 0 Å². The van der Waals surface area contributed by atoms with E-state index in [0.29, 0.717) is 11.6 Å². The zero-order chi connectivity index (χ0) is 21.4. The van der Waals surface area contributed by atoms with Crippen molar-refractivity contribution in [1.82, 2.24) is 15.5 Å². The predicted molar refractivity (Wildman–Crippen MR) is 118 cm³/mol. The molecule has 0 aromatic heterocycles. The molecule has 0 radical (unpaired) electrons. The second kappa shape index (κ2) is 11.0. The molecule has 2 aromatic rings. The summed E-state index contributed by atoms with van der Waals surface area (Å²) in [6.45, 7) is 4.24. The minimum absolute atomic E-state index is 0.0344. The molecule has 0 aliphatic rings. The zero-order valence-electron chi connectivity index (χ0n) is 17.5. The molecule has 0 spiro atoms. The van der Waals surface area contributed by atoms with Crippen LogP contribution in [0.2, 0.25) is 5.02 Å². The van der Waals surface area contributed by atoms with Gasteiger partial charge in [-0.1, -0.05) is 74.0 Å². The molecule has 2 N–H and O–H groups in total. The Labute approximate surface area is 178 Å². The molecule has 0 aliphatic heterocycles. The van der Waals surface area contributed by atoms with E-state index in [0.717, 1.165) is 11.1 Å². The number of benzene rings is 2. The highest BCUT2D eigenvalue weighted by Gasteiger charge is 2.26. The molecule has 29 heavy (non-hydrogen) atoms. The van der Waals surface area contributed by atoms with E-state index < -0.39 is 6.04 Å². The Morgan fingerprint density at radius 1 is 1.00 bits per heavy atom. The number of halogens is 1. The molecule has 0 saturated heterocycles. The molecule has 2 rings (SSSR count). The topological polar surface area (TPSA) is 61.4 Å². The molecule has 0 saturated carbocycles. The van der Waals surface area contributed by atoms with Crippen molar-refractivity contribution in [2.75, 3.05) is 20.6 Å². The van der Waals surface area contributed by atoms with Crippen LogP contribution in [0.5, 0.6) is 0 Å². The summed E-state index contributed by atoms with van der Waals surface area (Å²) >= 11 is 6.34. The van der Waals surface area contributed by atoms with Crippen LogP contribution < -0.4 is 10.6 Å². The van der Waals surface area contributed by atoms with Crippen molar-refractivity contribution in [3.05, 3.63) is 70.7 Å². The first-order valence-electron chi connectivity index (χ1n) is 9.81. The van der Waals surface area contributed by atoms with Gasteiger partial charge in [-0.25, -0.2) is 0 Å². The number of likely N-dealkylation sites (N-methyl/N-ethyl adjacent to an activating group) is 1. The van der Waals surface area contributed by atoms with Crippen molar-refractivity contribution in [1.29, 1.82) is 0 Å². The lowest BCUT2D eigenvalue weighted by molar-refractivity contribution is -0.129. The zero-order valence-corrected chi connectivity index (χ0v) is 18.2. The molecule has 0 heterocycles. The van der Waals surface area contributed by atoms with E-state index in [1.807, 2.05) is 87.4 Å². The summed E-state index contributed by atoms with van der Waals surface area (Å²) < 4.78 is 0. The molecular formula is C23H30ClN3O2. The van der Waals surface area contributed by atoms with Crippen LogP contribution in [0.25, 0.3) is 0 Å². The minimum atomic E-state index is -0.597. The molecule has 0 unspecified atom stereocenters. The Balaban J connectivity index is 2.01. The highest BCUT2D eigenvalue weighted by atomic mass is 35.5. The summed E-state index contributed by atoms with van der Waals surface area (Å²) in [5.74, 6) is -0.395. The van der Waals surface area contributed by atoms with Gasteiger partial charge in [-0.2, -0.15) is 0 Å². The van der Waals surface area contributed by atoms with Gasteiger partial charge in [-0.15, -0.1) is 0 Å². The second-order valence-corrected chi connectivity index (χ2v) is 8.10. The maximum Gasteiger partial charge on any atom is 0.242 e. The van der Waals surface area contributed by atoms with Crippen molar-refractivity contribution < 1.29 is 9.59 Å². The van der Waals surface area contributed by atoms with Crippen molar-refractivity contribution in [3.8, 4) is 0 Å². The third-order valence-electron chi connectivity index (χ3n) is 4.83. The van der Waals surface area contributed by atoms with Gasteiger partial charge in [0.15, 0.2) is 0 Å². The number of nitrogens with one attached hydrogen (secondary N) is 2. The molecule has 2 aromatic carbocycles. The van der Waals surface area contributed by atoms with Crippen molar-refractivity contribution in [3.63, 3.8) is 0 Å². The predicted octanol–water partition coefficient (Wildman–Crippen LogP) is 3.44. The molecule has 0 bridgehead atoms. The maximum atomic E-state index is 12.8. The first-order valence-corrected chi connectivity index (χ1v) is 10.2. The highest BCUT2D eigenvalue weighted by Crippen LogP contribution is 2.25. The molecule has 2 atom stereocenters.